The SMILES string of the molecule is CCOc1ccc(C(C)NCc2c(C)nn(C)c2OC)cc1OC.Cl. The fourth-order valence-electron chi connectivity index (χ4n) is 2.74. The molecule has 6 nitrogen and oxygen atoms in total. The van der Waals surface area contributed by atoms with Crippen LogP contribution in [-0.2, 0) is 13.6 Å². The number of hydrogen-bond donors (Lipinski definition) is 1. The monoisotopic (exact) mass is 369 g/mol. The first-order chi connectivity index (χ1) is 11.5. The van der Waals surface area contributed by atoms with Gasteiger partial charge in [-0.25, -0.2) is 4.68 Å². The summed E-state index contributed by atoms with van der Waals surface area (Å²) in [6.07, 6.45) is 0. The van der Waals surface area contributed by atoms with Crippen LogP contribution in [0.25, 0.3) is 0 Å². The van der Waals surface area contributed by atoms with Crippen LogP contribution in [0.2, 0.25) is 0 Å². The largest absolute Gasteiger partial charge is 0.493 e. The molecule has 1 atom stereocenters. The molecule has 25 heavy (non-hydrogen) atoms. The molecule has 1 aromatic heterocycles. The summed E-state index contributed by atoms with van der Waals surface area (Å²) in [7, 11) is 5.21. The van der Waals surface area contributed by atoms with Crippen molar-refractivity contribution in [2.75, 3.05) is 20.8 Å². The number of hydrogen-bond acceptors (Lipinski definition) is 5. The van der Waals surface area contributed by atoms with Crippen LogP contribution in [0.1, 0.15) is 36.7 Å². The molecule has 0 fully saturated rings. The van der Waals surface area contributed by atoms with Crippen LogP contribution < -0.4 is 19.5 Å². The van der Waals surface area contributed by atoms with Crippen LogP contribution in [0.4, 0.5) is 0 Å². The molecule has 0 saturated carbocycles. The van der Waals surface area contributed by atoms with E-state index in [9.17, 15) is 0 Å². The first kappa shape index (κ1) is 21.1. The highest BCUT2D eigenvalue weighted by Crippen LogP contribution is 2.30. The Morgan fingerprint density at radius 3 is 2.52 bits per heavy atom. The van der Waals surface area contributed by atoms with Crippen molar-refractivity contribution in [2.24, 2.45) is 7.05 Å². The molecule has 1 heterocycles. The van der Waals surface area contributed by atoms with Crippen LogP contribution in [-0.4, -0.2) is 30.6 Å². The average Bonchev–Trinajstić information content (AvgIpc) is 2.85. The van der Waals surface area contributed by atoms with Gasteiger partial charge in [-0.2, -0.15) is 5.10 Å². The zero-order valence-corrected chi connectivity index (χ0v) is 16.6. The summed E-state index contributed by atoms with van der Waals surface area (Å²) in [5.41, 5.74) is 3.18. The third kappa shape index (κ3) is 4.80. The van der Waals surface area contributed by atoms with Crippen molar-refractivity contribution >= 4 is 12.4 Å². The lowest BCUT2D eigenvalue weighted by atomic mass is 10.1. The van der Waals surface area contributed by atoms with Gasteiger partial charge >= 0.3 is 0 Å². The first-order valence-corrected chi connectivity index (χ1v) is 8.12. The van der Waals surface area contributed by atoms with Crippen LogP contribution in [0, 0.1) is 6.92 Å². The number of benzene rings is 1. The molecule has 2 aromatic rings. The van der Waals surface area contributed by atoms with E-state index >= 15 is 0 Å². The smallest absolute Gasteiger partial charge is 0.216 e. The minimum absolute atomic E-state index is 0. The van der Waals surface area contributed by atoms with Gasteiger partial charge < -0.3 is 19.5 Å². The van der Waals surface area contributed by atoms with Gasteiger partial charge in [0.15, 0.2) is 11.5 Å². The van der Waals surface area contributed by atoms with Crippen molar-refractivity contribution in [2.45, 2.75) is 33.4 Å². The Bertz CT molecular complexity index is 688. The molecule has 0 amide bonds. The lowest BCUT2D eigenvalue weighted by molar-refractivity contribution is 0.310. The Morgan fingerprint density at radius 1 is 1.20 bits per heavy atom. The van der Waals surface area contributed by atoms with E-state index in [4.69, 9.17) is 14.2 Å². The van der Waals surface area contributed by atoms with Gasteiger partial charge in [0.1, 0.15) is 0 Å². The van der Waals surface area contributed by atoms with Crippen molar-refractivity contribution < 1.29 is 14.2 Å². The summed E-state index contributed by atoms with van der Waals surface area (Å²) in [4.78, 5) is 0. The lowest BCUT2D eigenvalue weighted by Gasteiger charge is -2.17. The van der Waals surface area contributed by atoms with E-state index in [0.717, 1.165) is 34.2 Å². The number of nitrogens with one attached hydrogen (secondary N) is 1. The van der Waals surface area contributed by atoms with Crippen LogP contribution in [0.3, 0.4) is 0 Å². The van der Waals surface area contributed by atoms with E-state index in [1.54, 1.807) is 18.9 Å². The van der Waals surface area contributed by atoms with Crippen molar-refractivity contribution in [3.63, 3.8) is 0 Å². The van der Waals surface area contributed by atoms with Crippen molar-refractivity contribution in [1.29, 1.82) is 0 Å². The molecular weight excluding hydrogens is 342 g/mol. The third-order valence-electron chi connectivity index (χ3n) is 4.05. The summed E-state index contributed by atoms with van der Waals surface area (Å²) >= 11 is 0. The molecule has 7 heteroatoms. The van der Waals surface area contributed by atoms with E-state index in [2.05, 4.69) is 23.4 Å². The van der Waals surface area contributed by atoms with Gasteiger partial charge in [-0.3, -0.25) is 0 Å². The summed E-state index contributed by atoms with van der Waals surface area (Å²) in [6.45, 7) is 7.36. The number of nitrogens with zero attached hydrogens (tertiary/aromatic N) is 2. The predicted molar refractivity (Wildman–Crippen MR) is 101 cm³/mol. The minimum Gasteiger partial charge on any atom is -0.493 e. The molecule has 1 aromatic carbocycles. The number of methoxy groups -OCH3 is 2. The van der Waals surface area contributed by atoms with Crippen LogP contribution >= 0.6 is 12.4 Å². The number of aromatic nitrogens is 2. The normalized spacial score (nSPS) is 11.6. The maximum atomic E-state index is 5.57. The number of halogens is 1. The number of rotatable bonds is 8. The summed E-state index contributed by atoms with van der Waals surface area (Å²) in [5, 5.41) is 7.92. The van der Waals surface area contributed by atoms with Gasteiger partial charge in [-0.1, -0.05) is 6.07 Å². The number of aryl methyl sites for hydroxylation is 2. The van der Waals surface area contributed by atoms with E-state index in [0.29, 0.717) is 13.2 Å². The molecule has 0 aliphatic carbocycles. The fourth-order valence-corrected chi connectivity index (χ4v) is 2.74. The molecule has 2 rings (SSSR count). The average molecular weight is 370 g/mol. The molecule has 1 N–H and O–H groups in total. The van der Waals surface area contributed by atoms with Crippen molar-refractivity contribution in [1.82, 2.24) is 15.1 Å². The lowest BCUT2D eigenvalue weighted by Crippen LogP contribution is -2.19. The molecule has 0 saturated heterocycles. The molecule has 1 unspecified atom stereocenters. The highest BCUT2D eigenvalue weighted by Gasteiger charge is 2.16. The fraction of sp³-hybridized carbons (Fsp3) is 0.500. The Morgan fingerprint density at radius 2 is 1.92 bits per heavy atom. The summed E-state index contributed by atoms with van der Waals surface area (Å²) < 4.78 is 18.2. The Kier molecular flexibility index (Phi) is 8.06. The summed E-state index contributed by atoms with van der Waals surface area (Å²) in [5.74, 6) is 2.30. The quantitative estimate of drug-likeness (QED) is 0.772. The zero-order valence-electron chi connectivity index (χ0n) is 15.8. The van der Waals surface area contributed by atoms with Gasteiger partial charge in [-0.05, 0) is 38.5 Å². The van der Waals surface area contributed by atoms with Crippen LogP contribution in [0.15, 0.2) is 18.2 Å². The molecule has 140 valence electrons. The highest BCUT2D eigenvalue weighted by molar-refractivity contribution is 5.85. The highest BCUT2D eigenvalue weighted by atomic mass is 35.5. The maximum absolute atomic E-state index is 5.57. The van der Waals surface area contributed by atoms with Gasteiger partial charge in [0.2, 0.25) is 5.88 Å². The standard InChI is InChI=1S/C18H27N3O3.ClH/c1-7-24-16-9-8-14(10-17(16)22-5)12(2)19-11-15-13(3)20-21(4)18(15)23-6;/h8-10,12,19H,7,11H2,1-6H3;1H. The molecule has 0 aliphatic rings. The second-order valence-electron chi connectivity index (χ2n) is 5.64. The zero-order chi connectivity index (χ0) is 17.7. The Balaban J connectivity index is 0.00000312. The number of ether oxygens (including phenoxy) is 3. The Hall–Kier alpha value is -1.92. The van der Waals surface area contributed by atoms with E-state index < -0.39 is 0 Å². The van der Waals surface area contributed by atoms with Gasteiger partial charge in [0.25, 0.3) is 0 Å². The minimum atomic E-state index is 0. The third-order valence-corrected chi connectivity index (χ3v) is 4.05. The second kappa shape index (κ2) is 9.53. The van der Waals surface area contributed by atoms with Crippen molar-refractivity contribution in [3.05, 3.63) is 35.0 Å². The van der Waals surface area contributed by atoms with Gasteiger partial charge in [0.05, 0.1) is 32.1 Å². The maximum Gasteiger partial charge on any atom is 0.216 e. The van der Waals surface area contributed by atoms with Gasteiger partial charge in [-0.15, -0.1) is 12.4 Å². The summed E-state index contributed by atoms with van der Waals surface area (Å²) in [6, 6.07) is 6.17. The second-order valence-corrected chi connectivity index (χ2v) is 5.64. The molecular formula is C18H28ClN3O3. The topological polar surface area (TPSA) is 57.5 Å². The van der Waals surface area contributed by atoms with E-state index in [1.807, 2.05) is 33.0 Å². The van der Waals surface area contributed by atoms with Crippen LogP contribution in [0.5, 0.6) is 17.4 Å². The van der Waals surface area contributed by atoms with Crippen molar-refractivity contribution in [3.8, 4) is 17.4 Å². The van der Waals surface area contributed by atoms with E-state index in [-0.39, 0.29) is 18.4 Å². The Labute approximate surface area is 155 Å². The van der Waals surface area contributed by atoms with Gasteiger partial charge in [0, 0.05) is 19.6 Å². The molecule has 0 radical (unpaired) electrons. The first-order valence-electron chi connectivity index (χ1n) is 8.12. The molecule has 0 bridgehead atoms. The molecule has 0 aliphatic heterocycles. The molecule has 0 spiro atoms. The predicted octanol–water partition coefficient (Wildman–Crippen LogP) is 3.42. The van der Waals surface area contributed by atoms with E-state index in [1.165, 1.54) is 0 Å².